The minimum Gasteiger partial charge on any atom is -0.756 e. The van der Waals surface area contributed by atoms with E-state index in [0.29, 0.717) is 0 Å². The standard InChI is InChI=1S/C9H13N2O9P.CH4/c12-5-1-2-11(9(15)10-5)8-7(14)6(13)4(20-8)3-19-21(16,17)18;/h1-2,4,6-8,13-14H,3H2,(H,10,12,15)(H2,16,17,18);1H4/p-1. The zero-order valence-corrected chi connectivity index (χ0v) is 11.3. The topological polar surface area (TPSA) is 174 Å². The quantitative estimate of drug-likeness (QED) is 0.424. The molecule has 0 saturated carbocycles. The van der Waals surface area contributed by atoms with Crippen LogP contribution in [0.5, 0.6) is 0 Å². The van der Waals surface area contributed by atoms with Crippen LogP contribution in [-0.4, -0.2) is 49.6 Å². The van der Waals surface area contributed by atoms with Gasteiger partial charge in [0.2, 0.25) is 0 Å². The minimum absolute atomic E-state index is 0. The maximum Gasteiger partial charge on any atom is 0.330 e. The predicted octanol–water partition coefficient (Wildman–Crippen LogP) is -2.73. The number of nitrogens with zero attached hydrogens (tertiary/aromatic N) is 1. The lowest BCUT2D eigenvalue weighted by molar-refractivity contribution is -0.222. The zero-order chi connectivity index (χ0) is 15.8. The van der Waals surface area contributed by atoms with Crippen LogP contribution >= 0.6 is 7.82 Å². The summed E-state index contributed by atoms with van der Waals surface area (Å²) in [6.45, 7) is -0.746. The Kier molecular flexibility index (Phi) is 5.82. The summed E-state index contributed by atoms with van der Waals surface area (Å²) in [6, 6.07) is 1.01. The lowest BCUT2D eigenvalue weighted by Crippen LogP contribution is -2.37. The molecule has 2 heterocycles. The Morgan fingerprint density at radius 2 is 2.05 bits per heavy atom. The normalized spacial score (nSPS) is 30.5. The van der Waals surface area contributed by atoms with Crippen LogP contribution in [0, 0.1) is 0 Å². The minimum atomic E-state index is -5.01. The van der Waals surface area contributed by atoms with Crippen LogP contribution in [0.4, 0.5) is 0 Å². The molecule has 1 aromatic rings. The summed E-state index contributed by atoms with van der Waals surface area (Å²) in [4.78, 5) is 43.4. The number of aromatic amines is 1. The van der Waals surface area contributed by atoms with Crippen LogP contribution in [-0.2, 0) is 13.8 Å². The van der Waals surface area contributed by atoms with E-state index in [1.807, 2.05) is 4.98 Å². The van der Waals surface area contributed by atoms with Crippen molar-refractivity contribution in [2.45, 2.75) is 32.0 Å². The van der Waals surface area contributed by atoms with E-state index < -0.39 is 50.2 Å². The second kappa shape index (κ2) is 6.84. The Morgan fingerprint density at radius 1 is 1.41 bits per heavy atom. The predicted molar refractivity (Wildman–Crippen MR) is 69.8 cm³/mol. The monoisotopic (exact) mass is 339 g/mol. The molecule has 5 unspecified atom stereocenters. The van der Waals surface area contributed by atoms with Crippen molar-refractivity contribution < 1.29 is 33.8 Å². The molecular weight excluding hydrogens is 323 g/mol. The second-order valence-electron chi connectivity index (χ2n) is 4.33. The van der Waals surface area contributed by atoms with Gasteiger partial charge in [0.15, 0.2) is 6.23 Å². The van der Waals surface area contributed by atoms with Gasteiger partial charge >= 0.3 is 5.69 Å². The van der Waals surface area contributed by atoms with Crippen molar-refractivity contribution in [1.29, 1.82) is 0 Å². The fourth-order valence-electron chi connectivity index (χ4n) is 1.89. The molecule has 0 spiro atoms. The van der Waals surface area contributed by atoms with E-state index >= 15 is 0 Å². The van der Waals surface area contributed by atoms with Gasteiger partial charge in [-0.3, -0.25) is 18.9 Å². The highest BCUT2D eigenvalue weighted by molar-refractivity contribution is 7.44. The van der Waals surface area contributed by atoms with Crippen molar-refractivity contribution in [1.82, 2.24) is 9.55 Å². The Hall–Kier alpha value is -1.33. The molecule has 1 aliphatic rings. The Morgan fingerprint density at radius 3 is 2.59 bits per heavy atom. The molecule has 1 aromatic heterocycles. The largest absolute Gasteiger partial charge is 0.756 e. The van der Waals surface area contributed by atoms with Crippen molar-refractivity contribution in [3.63, 3.8) is 0 Å². The molecular formula is C10H16N2O9P-. The molecule has 0 radical (unpaired) electrons. The summed E-state index contributed by atoms with van der Waals surface area (Å²) < 4.78 is 20.5. The number of ether oxygens (including phenoxy) is 1. The van der Waals surface area contributed by atoms with E-state index in [2.05, 4.69) is 4.52 Å². The fraction of sp³-hybridized carbons (Fsp3) is 0.600. The summed E-state index contributed by atoms with van der Waals surface area (Å²) in [7, 11) is -5.01. The number of aliphatic hydroxyl groups excluding tert-OH is 2. The molecule has 11 nitrogen and oxygen atoms in total. The first-order valence-electron chi connectivity index (χ1n) is 5.70. The summed E-state index contributed by atoms with van der Waals surface area (Å²) in [6.07, 6.45) is -4.71. The third-order valence-electron chi connectivity index (χ3n) is 2.86. The smallest absolute Gasteiger partial charge is 0.330 e. The summed E-state index contributed by atoms with van der Waals surface area (Å²) in [5.74, 6) is 0. The number of H-pyrrole nitrogens is 1. The molecule has 1 fully saturated rings. The highest BCUT2D eigenvalue weighted by atomic mass is 31.2. The van der Waals surface area contributed by atoms with E-state index in [1.165, 1.54) is 0 Å². The molecule has 0 amide bonds. The van der Waals surface area contributed by atoms with Crippen LogP contribution in [0.1, 0.15) is 13.7 Å². The van der Waals surface area contributed by atoms with Gasteiger partial charge in [-0.15, -0.1) is 0 Å². The number of nitrogens with one attached hydrogen (secondary N) is 1. The van der Waals surface area contributed by atoms with Crippen molar-refractivity contribution in [3.8, 4) is 0 Å². The summed E-state index contributed by atoms with van der Waals surface area (Å²) in [5.41, 5.74) is -1.53. The van der Waals surface area contributed by atoms with Crippen LogP contribution in [0.15, 0.2) is 21.9 Å². The lowest BCUT2D eigenvalue weighted by Gasteiger charge is -2.20. The molecule has 2 rings (SSSR count). The zero-order valence-electron chi connectivity index (χ0n) is 10.4. The van der Waals surface area contributed by atoms with Crippen molar-refractivity contribution in [3.05, 3.63) is 33.1 Å². The summed E-state index contributed by atoms with van der Waals surface area (Å²) in [5, 5.41) is 19.5. The summed E-state index contributed by atoms with van der Waals surface area (Å²) >= 11 is 0. The van der Waals surface area contributed by atoms with E-state index in [0.717, 1.165) is 16.8 Å². The molecule has 0 aromatic carbocycles. The SMILES string of the molecule is C.O=c1ccn(C2OC(COP(=O)([O-])O)C(O)C2O)c(=O)[nH]1. The number of hydrogen-bond acceptors (Lipinski definition) is 8. The Bertz CT molecular complexity index is 665. The van der Waals surface area contributed by atoms with Crippen LogP contribution in [0.3, 0.4) is 0 Å². The number of rotatable bonds is 4. The average Bonchev–Trinajstić information content (AvgIpc) is 2.64. The van der Waals surface area contributed by atoms with Gasteiger partial charge in [-0.1, -0.05) is 7.43 Å². The first-order valence-corrected chi connectivity index (χ1v) is 7.20. The number of phosphoric acid groups is 1. The highest BCUT2D eigenvalue weighted by Gasteiger charge is 2.44. The Balaban J connectivity index is 0.00000242. The molecule has 5 atom stereocenters. The third-order valence-corrected chi connectivity index (χ3v) is 3.34. The maximum absolute atomic E-state index is 11.6. The van der Waals surface area contributed by atoms with Gasteiger partial charge < -0.3 is 29.3 Å². The molecule has 0 bridgehead atoms. The van der Waals surface area contributed by atoms with Gasteiger partial charge in [-0.2, -0.15) is 0 Å². The number of hydrogen-bond donors (Lipinski definition) is 4. The van der Waals surface area contributed by atoms with Crippen molar-refractivity contribution in [2.24, 2.45) is 0 Å². The highest BCUT2D eigenvalue weighted by Crippen LogP contribution is 2.34. The number of aromatic nitrogens is 2. The van der Waals surface area contributed by atoms with Gasteiger partial charge in [0, 0.05) is 12.3 Å². The maximum atomic E-state index is 11.6. The van der Waals surface area contributed by atoms with E-state index in [1.54, 1.807) is 0 Å². The van der Waals surface area contributed by atoms with Crippen molar-refractivity contribution in [2.75, 3.05) is 6.61 Å². The molecule has 4 N–H and O–H groups in total. The number of phosphoric ester groups is 1. The molecule has 1 aliphatic heterocycles. The van der Waals surface area contributed by atoms with Crippen molar-refractivity contribution >= 4 is 7.82 Å². The average molecular weight is 339 g/mol. The first kappa shape index (κ1) is 18.7. The van der Waals surface area contributed by atoms with E-state index in [9.17, 15) is 29.3 Å². The van der Waals surface area contributed by atoms with Gasteiger partial charge in [-0.25, -0.2) is 4.79 Å². The fourth-order valence-corrected chi connectivity index (χ4v) is 2.23. The molecule has 126 valence electrons. The van der Waals surface area contributed by atoms with Crippen LogP contribution in [0.25, 0.3) is 0 Å². The molecule has 22 heavy (non-hydrogen) atoms. The molecule has 1 saturated heterocycles. The van der Waals surface area contributed by atoms with E-state index in [4.69, 9.17) is 9.63 Å². The van der Waals surface area contributed by atoms with Gasteiger partial charge in [0.1, 0.15) is 18.3 Å². The molecule has 12 heteroatoms. The van der Waals surface area contributed by atoms with Gasteiger partial charge in [-0.05, 0) is 0 Å². The third kappa shape index (κ3) is 4.11. The number of aliphatic hydroxyl groups is 2. The Labute approximate surface area is 124 Å². The van der Waals surface area contributed by atoms with E-state index in [-0.39, 0.29) is 7.43 Å². The van der Waals surface area contributed by atoms with Gasteiger partial charge in [0.25, 0.3) is 13.4 Å². The first-order chi connectivity index (χ1) is 9.69. The van der Waals surface area contributed by atoms with Crippen LogP contribution < -0.4 is 16.1 Å². The molecule has 0 aliphatic carbocycles. The van der Waals surface area contributed by atoms with Crippen LogP contribution in [0.2, 0.25) is 0 Å². The second-order valence-corrected chi connectivity index (χ2v) is 5.52. The lowest BCUT2D eigenvalue weighted by atomic mass is 10.1. The van der Waals surface area contributed by atoms with Gasteiger partial charge in [0.05, 0.1) is 6.61 Å².